The molecule has 0 unspecified atom stereocenters. The number of hydrogen-bond donors (Lipinski definition) is 1. The molecule has 1 amide bonds. The van der Waals surface area contributed by atoms with E-state index in [0.29, 0.717) is 32.6 Å². The molecule has 0 saturated heterocycles. The number of thiazole rings is 1. The molecule has 0 bridgehead atoms. The number of carbonyl (C=O) groups excluding carboxylic acids is 2. The van der Waals surface area contributed by atoms with Crippen LogP contribution in [0.5, 0.6) is 5.75 Å². The molecular weight excluding hydrogens is 388 g/mol. The van der Waals surface area contributed by atoms with E-state index in [9.17, 15) is 9.59 Å². The molecule has 0 aliphatic rings. The molecule has 1 N–H and O–H groups in total. The molecule has 4 rings (SSSR count). The molecule has 0 fully saturated rings. The first-order valence-corrected chi connectivity index (χ1v) is 9.82. The van der Waals surface area contributed by atoms with Crippen LogP contribution in [0.25, 0.3) is 11.0 Å². The first kappa shape index (κ1) is 18.9. The average molecular weight is 406 g/mol. The summed E-state index contributed by atoms with van der Waals surface area (Å²) in [5.74, 6) is 0.350. The number of aromatic nitrogens is 1. The highest BCUT2D eigenvalue weighted by Crippen LogP contribution is 2.29. The number of hydrogen-bond acceptors (Lipinski definition) is 6. The van der Waals surface area contributed by atoms with Crippen LogP contribution >= 0.6 is 11.3 Å². The number of nitrogens with zero attached hydrogens (tertiary/aromatic N) is 1. The molecule has 29 heavy (non-hydrogen) atoms. The maximum atomic E-state index is 12.9. The van der Waals surface area contributed by atoms with E-state index in [-0.39, 0.29) is 18.2 Å². The summed E-state index contributed by atoms with van der Waals surface area (Å²) in [7, 11) is 0. The van der Waals surface area contributed by atoms with E-state index >= 15 is 0 Å². The van der Waals surface area contributed by atoms with Crippen molar-refractivity contribution in [2.75, 3.05) is 5.32 Å². The van der Waals surface area contributed by atoms with Gasteiger partial charge in [-0.1, -0.05) is 47.7 Å². The number of carbonyl (C=O) groups is 2. The number of aryl methyl sites for hydroxylation is 1. The minimum atomic E-state index is -0.434. The first-order chi connectivity index (χ1) is 14.0. The molecule has 7 heteroatoms. The summed E-state index contributed by atoms with van der Waals surface area (Å²) in [6, 6.07) is 16.8. The average Bonchev–Trinajstić information content (AvgIpc) is 3.27. The number of rotatable bonds is 6. The zero-order valence-electron chi connectivity index (χ0n) is 15.9. The molecule has 6 nitrogen and oxygen atoms in total. The van der Waals surface area contributed by atoms with Gasteiger partial charge in [-0.3, -0.25) is 14.9 Å². The fourth-order valence-corrected chi connectivity index (χ4v) is 3.88. The van der Waals surface area contributed by atoms with Crippen LogP contribution in [0.3, 0.4) is 0 Å². The van der Waals surface area contributed by atoms with E-state index in [1.165, 1.54) is 6.92 Å². The van der Waals surface area contributed by atoms with Gasteiger partial charge in [-0.25, -0.2) is 4.98 Å². The lowest BCUT2D eigenvalue weighted by Crippen LogP contribution is -2.13. The molecule has 0 radical (unpaired) electrons. The van der Waals surface area contributed by atoms with E-state index in [0.717, 1.165) is 16.7 Å². The van der Waals surface area contributed by atoms with Crippen LogP contribution in [0.2, 0.25) is 0 Å². The summed E-state index contributed by atoms with van der Waals surface area (Å²) in [4.78, 5) is 29.4. The largest absolute Gasteiger partial charge is 0.489 e. The number of anilines is 1. The van der Waals surface area contributed by atoms with Crippen molar-refractivity contribution in [2.24, 2.45) is 0 Å². The van der Waals surface area contributed by atoms with E-state index in [1.54, 1.807) is 13.0 Å². The molecule has 0 atom stereocenters. The molecule has 0 aliphatic heterocycles. The number of ether oxygens (including phenoxy) is 1. The maximum absolute atomic E-state index is 12.9. The van der Waals surface area contributed by atoms with Crippen molar-refractivity contribution in [3.05, 3.63) is 76.5 Å². The van der Waals surface area contributed by atoms with E-state index < -0.39 is 5.91 Å². The lowest BCUT2D eigenvalue weighted by molar-refractivity contribution is 0.0992. The number of nitrogens with one attached hydrogen (secondary N) is 1. The minimum Gasteiger partial charge on any atom is -0.489 e. The molecule has 2 heterocycles. The molecule has 0 saturated carbocycles. The van der Waals surface area contributed by atoms with E-state index in [1.807, 2.05) is 48.5 Å². The van der Waals surface area contributed by atoms with Gasteiger partial charge in [0, 0.05) is 17.9 Å². The predicted octanol–water partition coefficient (Wildman–Crippen LogP) is 5.23. The smallest absolute Gasteiger partial charge is 0.293 e. The van der Waals surface area contributed by atoms with Gasteiger partial charge in [0.2, 0.25) is 0 Å². The fraction of sp³-hybridized carbons (Fsp3) is 0.136. The Morgan fingerprint density at radius 3 is 2.55 bits per heavy atom. The van der Waals surface area contributed by atoms with Crippen molar-refractivity contribution in [1.29, 1.82) is 0 Å². The number of amides is 1. The molecule has 0 spiro atoms. The van der Waals surface area contributed by atoms with Crippen molar-refractivity contribution in [1.82, 2.24) is 4.98 Å². The van der Waals surface area contributed by atoms with Crippen LogP contribution in [0, 0.1) is 6.92 Å². The third-order valence-corrected chi connectivity index (χ3v) is 5.54. The second kappa shape index (κ2) is 7.89. The molecule has 0 aliphatic carbocycles. The van der Waals surface area contributed by atoms with Gasteiger partial charge in [-0.2, -0.15) is 0 Å². The summed E-state index contributed by atoms with van der Waals surface area (Å²) in [5, 5.41) is 3.91. The van der Waals surface area contributed by atoms with E-state index in [4.69, 9.17) is 9.15 Å². The Balaban J connectivity index is 1.64. The van der Waals surface area contributed by atoms with Crippen LogP contribution in [0.15, 0.2) is 59.0 Å². The lowest BCUT2D eigenvalue weighted by atomic mass is 10.1. The predicted molar refractivity (Wildman–Crippen MR) is 112 cm³/mol. The zero-order valence-corrected chi connectivity index (χ0v) is 16.7. The number of ketones is 1. The van der Waals surface area contributed by atoms with Gasteiger partial charge in [0.15, 0.2) is 16.7 Å². The third kappa shape index (κ3) is 3.90. The van der Waals surface area contributed by atoms with Gasteiger partial charge in [-0.05, 0) is 25.1 Å². The van der Waals surface area contributed by atoms with Crippen LogP contribution in [0.4, 0.5) is 5.13 Å². The maximum Gasteiger partial charge on any atom is 0.293 e. The summed E-state index contributed by atoms with van der Waals surface area (Å²) >= 11 is 1.15. The second-order valence-electron chi connectivity index (χ2n) is 6.45. The molecule has 146 valence electrons. The Hall–Kier alpha value is -3.45. The summed E-state index contributed by atoms with van der Waals surface area (Å²) in [5.41, 5.74) is 1.85. The Labute approximate surface area is 171 Å². The Bertz CT molecular complexity index is 1190. The Kier molecular flexibility index (Phi) is 5.14. The number of benzene rings is 2. The van der Waals surface area contributed by atoms with Crippen molar-refractivity contribution in [3.8, 4) is 5.75 Å². The Morgan fingerprint density at radius 1 is 1.10 bits per heavy atom. The van der Waals surface area contributed by atoms with Crippen LogP contribution < -0.4 is 10.1 Å². The monoisotopic (exact) mass is 406 g/mol. The van der Waals surface area contributed by atoms with Crippen molar-refractivity contribution in [3.63, 3.8) is 0 Å². The van der Waals surface area contributed by atoms with Gasteiger partial charge in [-0.15, -0.1) is 0 Å². The molecule has 2 aromatic heterocycles. The number of furan rings is 1. The second-order valence-corrected chi connectivity index (χ2v) is 7.45. The van der Waals surface area contributed by atoms with Crippen molar-refractivity contribution >= 4 is 39.1 Å². The Morgan fingerprint density at radius 2 is 1.83 bits per heavy atom. The van der Waals surface area contributed by atoms with E-state index in [2.05, 4.69) is 10.3 Å². The standard InChI is InChI=1S/C22H18N2O4S/c1-13-20(14(2)25)29-22(23-13)24-21(26)19-17(12-27-15-8-4-3-5-9-15)16-10-6-7-11-18(16)28-19/h3-11H,12H2,1-2H3,(H,23,24,26). The van der Waals surface area contributed by atoms with Crippen molar-refractivity contribution in [2.45, 2.75) is 20.5 Å². The highest BCUT2D eigenvalue weighted by molar-refractivity contribution is 7.17. The molecule has 4 aromatic rings. The van der Waals surface area contributed by atoms with Crippen LogP contribution in [0.1, 0.15) is 38.4 Å². The zero-order chi connectivity index (χ0) is 20.4. The van der Waals surface area contributed by atoms with Gasteiger partial charge in [0.1, 0.15) is 17.9 Å². The fourth-order valence-electron chi connectivity index (χ4n) is 3.03. The summed E-state index contributed by atoms with van der Waals surface area (Å²) < 4.78 is 11.7. The number of para-hydroxylation sites is 2. The summed E-state index contributed by atoms with van der Waals surface area (Å²) in [6.07, 6.45) is 0. The highest BCUT2D eigenvalue weighted by atomic mass is 32.1. The third-order valence-electron chi connectivity index (χ3n) is 4.37. The van der Waals surface area contributed by atoms with Gasteiger partial charge in [0.05, 0.1) is 10.6 Å². The van der Waals surface area contributed by atoms with Crippen LogP contribution in [-0.4, -0.2) is 16.7 Å². The van der Waals surface area contributed by atoms with Crippen LogP contribution in [-0.2, 0) is 6.61 Å². The minimum absolute atomic E-state index is 0.0822. The topological polar surface area (TPSA) is 81.4 Å². The lowest BCUT2D eigenvalue weighted by Gasteiger charge is -2.06. The normalized spacial score (nSPS) is 10.8. The SMILES string of the molecule is CC(=O)c1sc(NC(=O)c2oc3ccccc3c2COc2ccccc2)nc1C. The number of Topliss-reactive ketones (excluding diaryl/α,β-unsaturated/α-hetero) is 1. The molecular formula is C22H18N2O4S. The van der Waals surface area contributed by atoms with Gasteiger partial charge in [0.25, 0.3) is 5.91 Å². The van der Waals surface area contributed by atoms with Gasteiger partial charge >= 0.3 is 0 Å². The van der Waals surface area contributed by atoms with Crippen molar-refractivity contribution < 1.29 is 18.7 Å². The number of fused-ring (bicyclic) bond motifs is 1. The molecule has 2 aromatic carbocycles. The first-order valence-electron chi connectivity index (χ1n) is 9.01. The highest BCUT2D eigenvalue weighted by Gasteiger charge is 2.23. The summed E-state index contributed by atoms with van der Waals surface area (Å²) in [6.45, 7) is 3.40. The van der Waals surface area contributed by atoms with Gasteiger partial charge < -0.3 is 9.15 Å². The quantitative estimate of drug-likeness (QED) is 0.443.